The quantitative estimate of drug-likeness (QED) is 0.330. The fraction of sp³-hybridized carbons (Fsp3) is 0.812. The van der Waals surface area contributed by atoms with Gasteiger partial charge < -0.3 is 20.1 Å². The van der Waals surface area contributed by atoms with Gasteiger partial charge in [0.25, 0.3) is 0 Å². The van der Waals surface area contributed by atoms with Gasteiger partial charge in [0.15, 0.2) is 11.6 Å². The number of aliphatic hydroxyl groups is 3. The van der Waals surface area contributed by atoms with E-state index >= 15 is 0 Å². The van der Waals surface area contributed by atoms with E-state index in [1.807, 2.05) is 27.7 Å². The van der Waals surface area contributed by atoms with Crippen molar-refractivity contribution in [2.45, 2.75) is 124 Å². The summed E-state index contributed by atoms with van der Waals surface area (Å²) in [6.45, 7) is 15.8. The zero-order chi connectivity index (χ0) is 30.4. The summed E-state index contributed by atoms with van der Waals surface area (Å²) in [4.78, 5) is 52.2. The number of aliphatic hydroxyl groups excluding tert-OH is 2. The van der Waals surface area contributed by atoms with Crippen LogP contribution in [0.25, 0.3) is 0 Å². The van der Waals surface area contributed by atoms with Crippen LogP contribution in [0.3, 0.4) is 0 Å². The zero-order valence-corrected chi connectivity index (χ0v) is 25.6. The van der Waals surface area contributed by atoms with Crippen molar-refractivity contribution in [2.75, 3.05) is 0 Å². The Balaban J connectivity index is 1.70. The van der Waals surface area contributed by atoms with Crippen LogP contribution in [0.1, 0.15) is 101 Å². The number of hydrogen-bond acceptors (Lipinski definition) is 8. The highest BCUT2D eigenvalue weighted by Gasteiger charge is 2.74. The Morgan fingerprint density at radius 1 is 1.05 bits per heavy atom. The van der Waals surface area contributed by atoms with Gasteiger partial charge in [-0.05, 0) is 62.7 Å². The molecule has 1 unspecified atom stereocenters. The van der Waals surface area contributed by atoms with E-state index in [2.05, 4.69) is 13.0 Å². The molecule has 3 N–H and O–H groups in total. The Hall–Kier alpha value is -1.90. The summed E-state index contributed by atoms with van der Waals surface area (Å²) < 4.78 is 5.31. The molecule has 0 heterocycles. The van der Waals surface area contributed by atoms with Crippen molar-refractivity contribution in [1.29, 1.82) is 0 Å². The molecule has 3 saturated carbocycles. The molecule has 0 saturated heterocycles. The highest BCUT2D eigenvalue weighted by atomic mass is 16.6. The average molecular weight is 561 g/mol. The molecule has 0 amide bonds. The Morgan fingerprint density at radius 3 is 2.23 bits per heavy atom. The van der Waals surface area contributed by atoms with E-state index in [0.29, 0.717) is 12.8 Å². The molecule has 4 aliphatic carbocycles. The Morgan fingerprint density at radius 2 is 1.65 bits per heavy atom. The number of rotatable bonds is 6. The Bertz CT molecular complexity index is 1160. The van der Waals surface area contributed by atoms with Gasteiger partial charge in [0.05, 0.1) is 6.10 Å². The third kappa shape index (κ3) is 4.18. The second kappa shape index (κ2) is 9.30. The molecule has 0 aliphatic heterocycles. The van der Waals surface area contributed by atoms with E-state index in [4.69, 9.17) is 4.74 Å². The van der Waals surface area contributed by atoms with Crippen LogP contribution < -0.4 is 0 Å². The van der Waals surface area contributed by atoms with Gasteiger partial charge in [0.1, 0.15) is 23.1 Å². The van der Waals surface area contributed by atoms with E-state index < -0.39 is 62.7 Å². The van der Waals surface area contributed by atoms with Crippen LogP contribution in [0.2, 0.25) is 0 Å². The lowest BCUT2D eigenvalue weighted by atomic mass is 9.38. The number of allylic oxidation sites excluding steroid dienone is 1. The van der Waals surface area contributed by atoms with E-state index in [-0.39, 0.29) is 49.1 Å². The van der Waals surface area contributed by atoms with E-state index in [1.165, 1.54) is 13.8 Å². The normalized spacial score (nSPS) is 42.2. The van der Waals surface area contributed by atoms with E-state index in [0.717, 1.165) is 5.57 Å². The third-order valence-corrected chi connectivity index (χ3v) is 12.0. The molecule has 0 aromatic rings. The van der Waals surface area contributed by atoms with Gasteiger partial charge in [-0.2, -0.15) is 0 Å². The molecule has 0 bridgehead atoms. The summed E-state index contributed by atoms with van der Waals surface area (Å²) in [7, 11) is 0. The molecule has 8 nitrogen and oxygen atoms in total. The van der Waals surface area contributed by atoms with E-state index in [1.54, 1.807) is 13.8 Å². The molecule has 9 atom stereocenters. The minimum absolute atomic E-state index is 0.0218. The topological polar surface area (TPSA) is 138 Å². The number of Topliss-reactive ketones (excluding diaryl/α,β-unsaturated/α-hetero) is 3. The SMILES string of the molecule is CC(=O)OC(C)(C)CCC(=O)[C@](C)(O)[C@H]1[C@H](O)C[C@@]2(C)[C@@H]3CC=C4[C@@H](CC(=O)C(O)C4(C)C)[C@]3(C)C(=O)C[C@]12C. The standard InChI is InChI=1S/C32H48O8/c1-17(33)40-27(2,3)13-12-23(36)32(9,39)25-21(35)15-29(6)22-11-10-18-19(14-20(34)26(38)28(18,4)5)31(22,8)24(37)16-30(25,29)7/h10,19,21-22,25-26,35,38-39H,11-16H2,1-9H3/t19-,21-,22+,25+,26?,29+,30-,31+,32+/m1/s1. The molecular formula is C32H48O8. The lowest BCUT2D eigenvalue weighted by Gasteiger charge is -2.64. The minimum atomic E-state index is -1.91. The fourth-order valence-corrected chi connectivity index (χ4v) is 9.63. The van der Waals surface area contributed by atoms with Gasteiger partial charge in [-0.15, -0.1) is 0 Å². The van der Waals surface area contributed by atoms with Crippen LogP contribution in [0.4, 0.5) is 0 Å². The maximum Gasteiger partial charge on any atom is 0.303 e. The van der Waals surface area contributed by atoms with Gasteiger partial charge in [0.2, 0.25) is 0 Å². The minimum Gasteiger partial charge on any atom is -0.460 e. The van der Waals surface area contributed by atoms with Gasteiger partial charge in [-0.3, -0.25) is 19.2 Å². The smallest absolute Gasteiger partial charge is 0.303 e. The molecular weight excluding hydrogens is 512 g/mol. The van der Waals surface area contributed by atoms with Crippen molar-refractivity contribution in [3.63, 3.8) is 0 Å². The van der Waals surface area contributed by atoms with E-state index in [9.17, 15) is 34.5 Å². The lowest BCUT2D eigenvalue weighted by Crippen LogP contribution is -2.65. The first-order valence-electron chi connectivity index (χ1n) is 14.7. The number of ketones is 3. The van der Waals surface area contributed by atoms with Crippen LogP contribution >= 0.6 is 0 Å². The van der Waals surface area contributed by atoms with Gasteiger partial charge >= 0.3 is 5.97 Å². The summed E-state index contributed by atoms with van der Waals surface area (Å²) in [6, 6.07) is 0. The molecule has 0 radical (unpaired) electrons. The summed E-state index contributed by atoms with van der Waals surface area (Å²) in [5.74, 6) is -2.62. The molecule has 224 valence electrons. The summed E-state index contributed by atoms with van der Waals surface area (Å²) in [6.07, 6.45) is 1.17. The summed E-state index contributed by atoms with van der Waals surface area (Å²) in [5, 5.41) is 34.0. The average Bonchev–Trinajstić information content (AvgIpc) is 3.01. The molecule has 3 fully saturated rings. The van der Waals surface area contributed by atoms with Crippen molar-refractivity contribution < 1.29 is 39.2 Å². The van der Waals surface area contributed by atoms with Crippen LogP contribution in [0.15, 0.2) is 11.6 Å². The molecule has 40 heavy (non-hydrogen) atoms. The molecule has 0 aromatic heterocycles. The predicted molar refractivity (Wildman–Crippen MR) is 148 cm³/mol. The molecule has 0 spiro atoms. The number of hydrogen-bond donors (Lipinski definition) is 3. The molecule has 4 rings (SSSR count). The maximum atomic E-state index is 14.3. The molecule has 4 aliphatic rings. The Kier molecular flexibility index (Phi) is 7.22. The van der Waals surface area contributed by atoms with Crippen molar-refractivity contribution in [3.05, 3.63) is 11.6 Å². The number of fused-ring (bicyclic) bond motifs is 5. The number of ether oxygens (including phenoxy) is 1. The number of esters is 1. The number of carbonyl (C=O) groups is 4. The zero-order valence-electron chi connectivity index (χ0n) is 25.6. The fourth-order valence-electron chi connectivity index (χ4n) is 9.63. The molecule has 8 heteroatoms. The Labute approximate surface area is 237 Å². The third-order valence-electron chi connectivity index (χ3n) is 12.0. The first kappa shape index (κ1) is 31.0. The van der Waals surface area contributed by atoms with Gasteiger partial charge in [0, 0.05) is 42.9 Å². The van der Waals surface area contributed by atoms with Crippen molar-refractivity contribution in [3.8, 4) is 0 Å². The maximum absolute atomic E-state index is 14.3. The second-order valence-electron chi connectivity index (χ2n) is 15.2. The van der Waals surface area contributed by atoms with Crippen molar-refractivity contribution >= 4 is 23.3 Å². The monoisotopic (exact) mass is 560 g/mol. The van der Waals surface area contributed by atoms with Crippen molar-refractivity contribution in [1.82, 2.24) is 0 Å². The van der Waals surface area contributed by atoms with Crippen LogP contribution in [-0.4, -0.2) is 62.0 Å². The second-order valence-corrected chi connectivity index (χ2v) is 15.2. The van der Waals surface area contributed by atoms with Crippen LogP contribution in [0, 0.1) is 39.4 Å². The highest BCUT2D eigenvalue weighted by Crippen LogP contribution is 2.74. The van der Waals surface area contributed by atoms with Gasteiger partial charge in [-0.25, -0.2) is 0 Å². The number of carbonyl (C=O) groups excluding carboxylic acids is 4. The largest absolute Gasteiger partial charge is 0.460 e. The lowest BCUT2D eigenvalue weighted by molar-refractivity contribution is -0.184. The first-order valence-corrected chi connectivity index (χ1v) is 14.7. The highest BCUT2D eigenvalue weighted by molar-refractivity contribution is 5.93. The summed E-state index contributed by atoms with van der Waals surface area (Å²) >= 11 is 0. The van der Waals surface area contributed by atoms with Crippen LogP contribution in [-0.2, 0) is 23.9 Å². The predicted octanol–water partition coefficient (Wildman–Crippen LogP) is 3.72. The van der Waals surface area contributed by atoms with Crippen LogP contribution in [0.5, 0.6) is 0 Å². The molecule has 0 aromatic carbocycles. The van der Waals surface area contributed by atoms with Gasteiger partial charge in [-0.1, -0.05) is 46.3 Å². The summed E-state index contributed by atoms with van der Waals surface area (Å²) in [5.41, 5.74) is -4.98. The van der Waals surface area contributed by atoms with Crippen molar-refractivity contribution in [2.24, 2.45) is 39.4 Å². The first-order chi connectivity index (χ1) is 18.1.